The lowest BCUT2D eigenvalue weighted by atomic mass is 9.86. The molecule has 0 heterocycles. The fraction of sp³-hybridized carbons (Fsp3) is 0.765. The topological polar surface area (TPSA) is 0 Å². The zero-order valence-corrected chi connectivity index (χ0v) is 13.5. The molecule has 0 aliphatic carbocycles. The van der Waals surface area contributed by atoms with Gasteiger partial charge in [-0.15, -0.1) is 0 Å². The molecule has 0 radical (unpaired) electrons. The van der Waals surface area contributed by atoms with Crippen molar-refractivity contribution >= 4 is 0 Å². The van der Waals surface area contributed by atoms with Crippen LogP contribution in [0.5, 0.6) is 0 Å². The van der Waals surface area contributed by atoms with E-state index in [0.29, 0.717) is 10.8 Å². The lowest BCUT2D eigenvalue weighted by Gasteiger charge is -2.19. The van der Waals surface area contributed by atoms with Crippen molar-refractivity contribution in [3.63, 3.8) is 0 Å². The minimum atomic E-state index is 0.314. The molecule has 0 aromatic heterocycles. The Morgan fingerprint density at radius 3 is 1.29 bits per heavy atom. The standard InChI is InChI=1S/C9H18.C8H16/c1-6-8(2)7-9(3,4)5;1-6-7(2)8(3,4)5/h2,6-7H2,1,3-5H3;2,6H2,1,3-5H3. The molecule has 0 saturated carbocycles. The van der Waals surface area contributed by atoms with Gasteiger partial charge in [0.15, 0.2) is 0 Å². The van der Waals surface area contributed by atoms with Gasteiger partial charge in [-0.2, -0.15) is 0 Å². The average Bonchev–Trinajstić information content (AvgIpc) is 2.13. The highest BCUT2D eigenvalue weighted by Gasteiger charge is 2.11. The van der Waals surface area contributed by atoms with Crippen LogP contribution in [0.3, 0.4) is 0 Å². The van der Waals surface area contributed by atoms with Crippen LogP contribution in [0.25, 0.3) is 0 Å². The maximum Gasteiger partial charge on any atom is -0.0176 e. The van der Waals surface area contributed by atoms with E-state index in [4.69, 9.17) is 0 Å². The van der Waals surface area contributed by atoms with Gasteiger partial charge in [0.25, 0.3) is 0 Å². The van der Waals surface area contributed by atoms with Crippen LogP contribution in [-0.4, -0.2) is 0 Å². The normalized spacial score (nSPS) is 11.5. The molecular weight excluding hydrogens is 204 g/mol. The second kappa shape index (κ2) is 7.74. The Morgan fingerprint density at radius 2 is 1.24 bits per heavy atom. The quantitative estimate of drug-likeness (QED) is 0.500. The van der Waals surface area contributed by atoms with Crippen LogP contribution in [0.15, 0.2) is 24.3 Å². The average molecular weight is 238 g/mol. The van der Waals surface area contributed by atoms with Gasteiger partial charge in [-0.05, 0) is 30.1 Å². The maximum absolute atomic E-state index is 3.96. The van der Waals surface area contributed by atoms with E-state index in [1.807, 2.05) is 0 Å². The first kappa shape index (κ1) is 18.8. The van der Waals surface area contributed by atoms with Gasteiger partial charge >= 0.3 is 0 Å². The second-order valence-corrected chi connectivity index (χ2v) is 7.05. The first-order valence-corrected chi connectivity index (χ1v) is 6.79. The zero-order valence-electron chi connectivity index (χ0n) is 13.5. The fourth-order valence-corrected chi connectivity index (χ4v) is 1.41. The molecule has 0 unspecified atom stereocenters. The molecule has 0 rings (SSSR count). The highest BCUT2D eigenvalue weighted by Crippen LogP contribution is 2.25. The molecule has 0 fully saturated rings. The summed E-state index contributed by atoms with van der Waals surface area (Å²) in [6, 6.07) is 0. The van der Waals surface area contributed by atoms with E-state index >= 15 is 0 Å². The maximum atomic E-state index is 3.96. The molecule has 0 nitrogen and oxygen atoms in total. The fourth-order valence-electron chi connectivity index (χ4n) is 1.41. The van der Waals surface area contributed by atoms with Gasteiger partial charge in [0, 0.05) is 0 Å². The molecule has 0 spiro atoms. The lowest BCUT2D eigenvalue weighted by Crippen LogP contribution is -2.06. The largest absolute Gasteiger partial charge is 0.0999 e. The van der Waals surface area contributed by atoms with E-state index in [9.17, 15) is 0 Å². The Kier molecular flexibility index (Phi) is 8.57. The van der Waals surface area contributed by atoms with Crippen LogP contribution in [0, 0.1) is 10.8 Å². The summed E-state index contributed by atoms with van der Waals surface area (Å²) >= 11 is 0. The van der Waals surface area contributed by atoms with E-state index in [-0.39, 0.29) is 0 Å². The summed E-state index contributed by atoms with van der Waals surface area (Å²) in [6.07, 6.45) is 3.38. The number of hydrogen-bond donors (Lipinski definition) is 0. The predicted octanol–water partition coefficient (Wildman–Crippen LogP) is 6.39. The molecule has 0 aromatic carbocycles. The van der Waals surface area contributed by atoms with E-state index in [1.54, 1.807) is 0 Å². The Balaban J connectivity index is 0. The SMILES string of the molecule is C=C(CC)C(C)(C)C.C=C(CC)CC(C)(C)C. The Bertz CT molecular complexity index is 230. The predicted molar refractivity (Wildman–Crippen MR) is 82.4 cm³/mol. The summed E-state index contributed by atoms with van der Waals surface area (Å²) < 4.78 is 0. The van der Waals surface area contributed by atoms with Gasteiger partial charge in [-0.3, -0.25) is 0 Å². The summed E-state index contributed by atoms with van der Waals surface area (Å²) in [5.74, 6) is 0. The van der Waals surface area contributed by atoms with Crippen molar-refractivity contribution in [1.82, 2.24) is 0 Å². The minimum absolute atomic E-state index is 0.314. The third kappa shape index (κ3) is 13.4. The Hall–Kier alpha value is -0.520. The highest BCUT2D eigenvalue weighted by molar-refractivity contribution is 5.03. The molecule has 0 bridgehead atoms. The number of rotatable bonds is 3. The molecule has 0 aromatic rings. The summed E-state index contributed by atoms with van der Waals surface area (Å²) in [7, 11) is 0. The van der Waals surface area contributed by atoms with E-state index in [0.717, 1.165) is 19.3 Å². The van der Waals surface area contributed by atoms with Crippen LogP contribution in [0.4, 0.5) is 0 Å². The molecule has 0 aliphatic heterocycles. The molecule has 0 aliphatic rings. The van der Waals surface area contributed by atoms with Crippen molar-refractivity contribution in [2.24, 2.45) is 10.8 Å². The van der Waals surface area contributed by atoms with E-state index < -0.39 is 0 Å². The molecule has 17 heavy (non-hydrogen) atoms. The van der Waals surface area contributed by atoms with Crippen LogP contribution < -0.4 is 0 Å². The number of allylic oxidation sites excluding steroid dienone is 2. The molecule has 0 N–H and O–H groups in total. The molecule has 0 amide bonds. The third-order valence-corrected chi connectivity index (χ3v) is 2.77. The van der Waals surface area contributed by atoms with Crippen molar-refractivity contribution in [1.29, 1.82) is 0 Å². The van der Waals surface area contributed by atoms with Crippen molar-refractivity contribution < 1.29 is 0 Å². The molecular formula is C17H34. The Labute approximate surface area is 110 Å². The number of hydrogen-bond acceptors (Lipinski definition) is 0. The summed E-state index contributed by atoms with van der Waals surface area (Å²) in [5, 5.41) is 0. The molecule has 0 saturated heterocycles. The van der Waals surface area contributed by atoms with Gasteiger partial charge < -0.3 is 0 Å². The van der Waals surface area contributed by atoms with Crippen LogP contribution in [0.2, 0.25) is 0 Å². The smallest absolute Gasteiger partial charge is 0.0176 e. The lowest BCUT2D eigenvalue weighted by molar-refractivity contribution is 0.406. The third-order valence-electron chi connectivity index (χ3n) is 2.77. The minimum Gasteiger partial charge on any atom is -0.0999 e. The molecule has 0 heteroatoms. The zero-order chi connectivity index (χ0) is 14.3. The van der Waals surface area contributed by atoms with E-state index in [2.05, 4.69) is 68.5 Å². The van der Waals surface area contributed by atoms with Crippen LogP contribution in [0.1, 0.15) is 74.7 Å². The summed E-state index contributed by atoms with van der Waals surface area (Å²) in [5.41, 5.74) is 3.43. The Morgan fingerprint density at radius 1 is 0.824 bits per heavy atom. The van der Waals surface area contributed by atoms with E-state index in [1.165, 1.54) is 11.1 Å². The monoisotopic (exact) mass is 238 g/mol. The van der Waals surface area contributed by atoms with Crippen molar-refractivity contribution in [3.05, 3.63) is 24.3 Å². The van der Waals surface area contributed by atoms with Crippen LogP contribution in [-0.2, 0) is 0 Å². The van der Waals surface area contributed by atoms with Gasteiger partial charge in [0.2, 0.25) is 0 Å². The van der Waals surface area contributed by atoms with Crippen molar-refractivity contribution in [2.75, 3.05) is 0 Å². The second-order valence-electron chi connectivity index (χ2n) is 7.05. The van der Waals surface area contributed by atoms with Crippen molar-refractivity contribution in [3.8, 4) is 0 Å². The van der Waals surface area contributed by atoms with Crippen LogP contribution >= 0.6 is 0 Å². The van der Waals surface area contributed by atoms with Crippen molar-refractivity contribution in [2.45, 2.75) is 74.7 Å². The summed E-state index contributed by atoms with van der Waals surface area (Å²) in [4.78, 5) is 0. The van der Waals surface area contributed by atoms with Gasteiger partial charge in [-0.25, -0.2) is 0 Å². The molecule has 102 valence electrons. The van der Waals surface area contributed by atoms with Gasteiger partial charge in [0.05, 0.1) is 0 Å². The van der Waals surface area contributed by atoms with Gasteiger partial charge in [-0.1, -0.05) is 79.7 Å². The molecule has 0 atom stereocenters. The first-order valence-electron chi connectivity index (χ1n) is 6.79. The first-order chi connectivity index (χ1) is 7.44. The highest BCUT2D eigenvalue weighted by atomic mass is 14.2. The summed E-state index contributed by atoms with van der Waals surface area (Å²) in [6.45, 7) is 25.5. The van der Waals surface area contributed by atoms with Gasteiger partial charge in [0.1, 0.15) is 0 Å².